The highest BCUT2D eigenvalue weighted by Crippen LogP contribution is 2.19. The van der Waals surface area contributed by atoms with E-state index in [1.54, 1.807) is 24.3 Å². The highest BCUT2D eigenvalue weighted by Gasteiger charge is 2.24. The Morgan fingerprint density at radius 3 is 2.63 bits per heavy atom. The monoisotopic (exact) mass is 263 g/mol. The molecule has 1 unspecified atom stereocenters. The van der Waals surface area contributed by atoms with Gasteiger partial charge >= 0.3 is 5.97 Å². The zero-order valence-electron chi connectivity index (χ0n) is 10.6. The number of benzene rings is 1. The van der Waals surface area contributed by atoms with Gasteiger partial charge in [0, 0.05) is 12.3 Å². The zero-order valence-corrected chi connectivity index (χ0v) is 10.6. The van der Waals surface area contributed by atoms with Crippen LogP contribution in [0.4, 0.5) is 5.69 Å². The summed E-state index contributed by atoms with van der Waals surface area (Å²) in [6.07, 6.45) is 1.98. The molecule has 1 aliphatic rings. The molecule has 1 N–H and O–H groups in total. The first-order chi connectivity index (χ1) is 9.16. The van der Waals surface area contributed by atoms with Gasteiger partial charge in [0.25, 0.3) is 0 Å². The van der Waals surface area contributed by atoms with Crippen molar-refractivity contribution in [2.45, 2.75) is 25.4 Å². The second-order valence-electron chi connectivity index (χ2n) is 4.55. The average Bonchev–Trinajstić information content (AvgIpc) is 2.89. The van der Waals surface area contributed by atoms with E-state index in [4.69, 9.17) is 9.84 Å². The van der Waals surface area contributed by atoms with Crippen LogP contribution < -0.4 is 4.90 Å². The predicted molar refractivity (Wildman–Crippen MR) is 70.0 cm³/mol. The van der Waals surface area contributed by atoms with Gasteiger partial charge in [-0.25, -0.2) is 0 Å². The standard InChI is InChI=1S/C14H17NO4/c16-13(9-12-7-4-8-19-12)15(10-14(17)18)11-5-2-1-3-6-11/h1-3,5-6,12H,4,7-10H2,(H,17,18). The number of amides is 1. The number of aliphatic carboxylic acids is 1. The van der Waals surface area contributed by atoms with E-state index in [0.29, 0.717) is 12.3 Å². The Kier molecular flexibility index (Phi) is 4.52. The Hall–Kier alpha value is -1.88. The maximum absolute atomic E-state index is 12.2. The van der Waals surface area contributed by atoms with Crippen LogP contribution >= 0.6 is 0 Å². The van der Waals surface area contributed by atoms with Crippen molar-refractivity contribution in [3.05, 3.63) is 30.3 Å². The van der Waals surface area contributed by atoms with Crippen molar-refractivity contribution in [2.24, 2.45) is 0 Å². The van der Waals surface area contributed by atoms with Crippen molar-refractivity contribution in [1.29, 1.82) is 0 Å². The van der Waals surface area contributed by atoms with Gasteiger partial charge in [0.05, 0.1) is 12.5 Å². The van der Waals surface area contributed by atoms with E-state index in [1.165, 1.54) is 4.90 Å². The predicted octanol–water partition coefficient (Wildman–Crippen LogP) is 1.67. The van der Waals surface area contributed by atoms with Gasteiger partial charge in [0.1, 0.15) is 6.54 Å². The van der Waals surface area contributed by atoms with E-state index >= 15 is 0 Å². The first-order valence-corrected chi connectivity index (χ1v) is 6.35. The lowest BCUT2D eigenvalue weighted by molar-refractivity contribution is -0.137. The Morgan fingerprint density at radius 1 is 1.32 bits per heavy atom. The minimum Gasteiger partial charge on any atom is -0.480 e. The summed E-state index contributed by atoms with van der Waals surface area (Å²) < 4.78 is 5.42. The average molecular weight is 263 g/mol. The molecule has 1 fully saturated rings. The molecule has 0 radical (unpaired) electrons. The van der Waals surface area contributed by atoms with E-state index in [1.807, 2.05) is 6.07 Å². The van der Waals surface area contributed by atoms with E-state index in [2.05, 4.69) is 0 Å². The summed E-state index contributed by atoms with van der Waals surface area (Å²) in [5.41, 5.74) is 0.605. The normalized spacial score (nSPS) is 18.2. The number of rotatable bonds is 5. The summed E-state index contributed by atoms with van der Waals surface area (Å²) in [6.45, 7) is 0.359. The molecule has 1 saturated heterocycles. The number of hydrogen-bond donors (Lipinski definition) is 1. The second-order valence-corrected chi connectivity index (χ2v) is 4.55. The molecule has 1 heterocycles. The summed E-state index contributed by atoms with van der Waals surface area (Å²) in [5.74, 6) is -1.23. The quantitative estimate of drug-likeness (QED) is 0.877. The summed E-state index contributed by atoms with van der Waals surface area (Å²) in [5, 5.41) is 8.93. The van der Waals surface area contributed by atoms with Crippen molar-refractivity contribution < 1.29 is 19.4 Å². The molecular formula is C14H17NO4. The third-order valence-corrected chi connectivity index (χ3v) is 3.09. The number of carboxylic acid groups (broad SMARTS) is 1. The summed E-state index contributed by atoms with van der Waals surface area (Å²) in [6, 6.07) is 8.85. The summed E-state index contributed by atoms with van der Waals surface area (Å²) in [4.78, 5) is 24.4. The molecule has 1 aliphatic heterocycles. The first kappa shape index (κ1) is 13.5. The Labute approximate surface area is 111 Å². The minimum atomic E-state index is -1.02. The van der Waals surface area contributed by atoms with Crippen LogP contribution in [0.1, 0.15) is 19.3 Å². The van der Waals surface area contributed by atoms with Crippen molar-refractivity contribution in [1.82, 2.24) is 0 Å². The smallest absolute Gasteiger partial charge is 0.323 e. The number of hydrogen-bond acceptors (Lipinski definition) is 3. The van der Waals surface area contributed by atoms with Gasteiger partial charge in [-0.1, -0.05) is 18.2 Å². The zero-order chi connectivity index (χ0) is 13.7. The molecule has 1 atom stereocenters. The van der Waals surface area contributed by atoms with Crippen LogP contribution in [-0.4, -0.2) is 36.2 Å². The largest absolute Gasteiger partial charge is 0.480 e. The Morgan fingerprint density at radius 2 is 2.05 bits per heavy atom. The van der Waals surface area contributed by atoms with Crippen LogP contribution in [0.2, 0.25) is 0 Å². The number of carboxylic acids is 1. The fraction of sp³-hybridized carbons (Fsp3) is 0.429. The van der Waals surface area contributed by atoms with Crippen LogP contribution in [0.5, 0.6) is 0 Å². The van der Waals surface area contributed by atoms with E-state index < -0.39 is 5.97 Å². The summed E-state index contributed by atoms with van der Waals surface area (Å²) in [7, 11) is 0. The van der Waals surface area contributed by atoms with Crippen molar-refractivity contribution in [3.63, 3.8) is 0 Å². The molecule has 0 aliphatic carbocycles. The van der Waals surface area contributed by atoms with Gasteiger partial charge in [-0.3, -0.25) is 9.59 Å². The molecular weight excluding hydrogens is 246 g/mol. The minimum absolute atomic E-state index is 0.0764. The fourth-order valence-corrected chi connectivity index (χ4v) is 2.18. The molecule has 0 spiro atoms. The molecule has 0 bridgehead atoms. The lowest BCUT2D eigenvalue weighted by Gasteiger charge is -2.22. The highest BCUT2D eigenvalue weighted by molar-refractivity contribution is 5.97. The second kappa shape index (κ2) is 6.33. The molecule has 1 aromatic carbocycles. The molecule has 5 nitrogen and oxygen atoms in total. The van der Waals surface area contributed by atoms with Gasteiger partial charge in [-0.05, 0) is 25.0 Å². The Bertz CT molecular complexity index is 440. The first-order valence-electron chi connectivity index (χ1n) is 6.35. The number of carbonyl (C=O) groups excluding carboxylic acids is 1. The molecule has 19 heavy (non-hydrogen) atoms. The third kappa shape index (κ3) is 3.79. The van der Waals surface area contributed by atoms with Gasteiger partial charge in [0.15, 0.2) is 0 Å². The van der Waals surface area contributed by atoms with Crippen LogP contribution in [0.15, 0.2) is 30.3 Å². The maximum Gasteiger partial charge on any atom is 0.323 e. The van der Waals surface area contributed by atoms with Gasteiger partial charge < -0.3 is 14.7 Å². The molecule has 5 heteroatoms. The summed E-state index contributed by atoms with van der Waals surface area (Å²) >= 11 is 0. The highest BCUT2D eigenvalue weighted by atomic mass is 16.5. The molecule has 1 amide bonds. The Balaban J connectivity index is 2.08. The van der Waals surface area contributed by atoms with Gasteiger partial charge in [-0.2, -0.15) is 0 Å². The van der Waals surface area contributed by atoms with E-state index in [-0.39, 0.29) is 25.0 Å². The van der Waals surface area contributed by atoms with Crippen molar-refractivity contribution in [3.8, 4) is 0 Å². The van der Waals surface area contributed by atoms with Gasteiger partial charge in [-0.15, -0.1) is 0 Å². The SMILES string of the molecule is O=C(O)CN(C(=O)CC1CCCO1)c1ccccc1. The number of nitrogens with zero attached hydrogens (tertiary/aromatic N) is 1. The molecule has 0 aromatic heterocycles. The van der Waals surface area contributed by atoms with E-state index in [0.717, 1.165) is 12.8 Å². The van der Waals surface area contributed by atoms with E-state index in [9.17, 15) is 9.59 Å². The van der Waals surface area contributed by atoms with Crippen LogP contribution in [0.3, 0.4) is 0 Å². The molecule has 0 saturated carbocycles. The lowest BCUT2D eigenvalue weighted by atomic mass is 10.1. The van der Waals surface area contributed by atoms with Crippen molar-refractivity contribution in [2.75, 3.05) is 18.1 Å². The topological polar surface area (TPSA) is 66.8 Å². The number of anilines is 1. The van der Waals surface area contributed by atoms with Crippen LogP contribution in [-0.2, 0) is 14.3 Å². The molecule has 1 aromatic rings. The lowest BCUT2D eigenvalue weighted by Crippen LogP contribution is -2.37. The molecule has 102 valence electrons. The third-order valence-electron chi connectivity index (χ3n) is 3.09. The number of carbonyl (C=O) groups is 2. The fourth-order valence-electron chi connectivity index (χ4n) is 2.18. The van der Waals surface area contributed by atoms with Crippen molar-refractivity contribution >= 4 is 17.6 Å². The van der Waals surface area contributed by atoms with Crippen LogP contribution in [0.25, 0.3) is 0 Å². The molecule has 2 rings (SSSR count). The number of ether oxygens (including phenoxy) is 1. The van der Waals surface area contributed by atoms with Gasteiger partial charge in [0.2, 0.25) is 5.91 Å². The number of para-hydroxylation sites is 1. The maximum atomic E-state index is 12.2. The van der Waals surface area contributed by atoms with Crippen LogP contribution in [0, 0.1) is 0 Å².